The third-order valence-corrected chi connectivity index (χ3v) is 2.21. The number of hydrogen-bond donors (Lipinski definition) is 1. The first-order valence-electron chi connectivity index (χ1n) is 4.64. The van der Waals surface area contributed by atoms with E-state index in [1.807, 2.05) is 24.3 Å². The molecule has 1 aromatic rings. The van der Waals surface area contributed by atoms with Crippen LogP contribution in [0.4, 0.5) is 0 Å². The zero-order valence-electron chi connectivity index (χ0n) is 8.56. The van der Waals surface area contributed by atoms with Crippen molar-refractivity contribution in [1.82, 2.24) is 0 Å². The topological polar surface area (TPSA) is 41.8 Å². The number of benzene rings is 1. The van der Waals surface area contributed by atoms with Crippen LogP contribution in [-0.4, -0.2) is 37.0 Å². The fourth-order valence-corrected chi connectivity index (χ4v) is 1.12. The number of ether oxygens (including phenoxy) is 1. The van der Waals surface area contributed by atoms with Gasteiger partial charge in [-0.25, -0.2) is 0 Å². The summed E-state index contributed by atoms with van der Waals surface area (Å²) >= 11 is 5.43. The van der Waals surface area contributed by atoms with Gasteiger partial charge in [-0.1, -0.05) is 0 Å². The highest BCUT2D eigenvalue weighted by Crippen LogP contribution is 2.09. The fourth-order valence-electron chi connectivity index (χ4n) is 1.02. The Morgan fingerprint density at radius 2 is 2.13 bits per heavy atom. The Labute approximate surface area is 94.4 Å². The monoisotopic (exact) mass is 227 g/mol. The Kier molecular flexibility index (Phi) is 5.15. The number of hydrogen-bond acceptors (Lipinski definition) is 3. The van der Waals surface area contributed by atoms with Crippen LogP contribution < -0.4 is 4.74 Å². The minimum atomic E-state index is -0.568. The zero-order chi connectivity index (χ0) is 11.1. The Hall–Kier alpha value is -1.06. The molecule has 0 aliphatic rings. The van der Waals surface area contributed by atoms with Crippen LogP contribution in [0.3, 0.4) is 0 Å². The number of rotatable bonds is 5. The molecule has 0 aromatic heterocycles. The summed E-state index contributed by atoms with van der Waals surface area (Å²) in [6.45, 7) is 0.329. The molecule has 0 radical (unpaired) electrons. The molecule has 0 bridgehead atoms. The zero-order valence-corrected chi connectivity index (χ0v) is 9.31. The van der Waals surface area contributed by atoms with Gasteiger partial charge in [0.25, 0.3) is 0 Å². The third kappa shape index (κ3) is 4.32. The largest absolute Gasteiger partial charge is 0.497 e. The van der Waals surface area contributed by atoms with E-state index in [1.165, 1.54) is 0 Å². The van der Waals surface area contributed by atoms with Gasteiger partial charge in [-0.15, -0.1) is 11.6 Å². The van der Waals surface area contributed by atoms with E-state index in [9.17, 15) is 0 Å². The Balaban J connectivity index is 2.49. The van der Waals surface area contributed by atoms with Gasteiger partial charge in [-0.05, 0) is 29.8 Å². The number of halogens is 1. The molecule has 82 valence electrons. The van der Waals surface area contributed by atoms with Gasteiger partial charge in [-0.2, -0.15) is 0 Å². The Bertz CT molecular complexity index is 311. The highest BCUT2D eigenvalue weighted by molar-refractivity contribution is 6.18. The summed E-state index contributed by atoms with van der Waals surface area (Å²) in [5.41, 5.74) is 0.970. The third-order valence-electron chi connectivity index (χ3n) is 1.85. The van der Waals surface area contributed by atoms with Crippen molar-refractivity contribution in [3.8, 4) is 5.75 Å². The van der Waals surface area contributed by atoms with Crippen LogP contribution in [0.1, 0.15) is 5.56 Å². The van der Waals surface area contributed by atoms with Gasteiger partial charge >= 0.3 is 0 Å². The smallest absolute Gasteiger partial charge is 0.118 e. The molecule has 1 N–H and O–H groups in total. The first-order valence-corrected chi connectivity index (χ1v) is 5.17. The van der Waals surface area contributed by atoms with Gasteiger partial charge in [0.2, 0.25) is 0 Å². The summed E-state index contributed by atoms with van der Waals surface area (Å²) < 4.78 is 5.03. The first-order chi connectivity index (χ1) is 7.26. The minimum absolute atomic E-state index is 0.208. The maximum atomic E-state index is 9.15. The van der Waals surface area contributed by atoms with E-state index in [-0.39, 0.29) is 5.88 Å². The molecule has 0 fully saturated rings. The molecule has 0 spiro atoms. The molecular formula is C11H14ClNO2. The number of aliphatic hydroxyl groups is 1. The summed E-state index contributed by atoms with van der Waals surface area (Å²) in [6, 6.07) is 7.52. The Morgan fingerprint density at radius 1 is 1.47 bits per heavy atom. The second-order valence-corrected chi connectivity index (χ2v) is 3.38. The molecule has 0 aliphatic carbocycles. The lowest BCUT2D eigenvalue weighted by Gasteiger charge is -2.01. The standard InChI is InChI=1S/C11H14ClNO2/c1-15-11-4-2-9(3-5-11)7-13-8-10(14)6-12/h2-5,7,10,14H,6,8H2,1H3. The van der Waals surface area contributed by atoms with E-state index in [4.69, 9.17) is 21.4 Å². The van der Waals surface area contributed by atoms with E-state index < -0.39 is 6.10 Å². The number of alkyl halides is 1. The van der Waals surface area contributed by atoms with E-state index in [0.717, 1.165) is 11.3 Å². The van der Waals surface area contributed by atoms with E-state index >= 15 is 0 Å². The van der Waals surface area contributed by atoms with Gasteiger partial charge in [0.1, 0.15) is 5.75 Å². The number of nitrogens with zero attached hydrogens (tertiary/aromatic N) is 1. The van der Waals surface area contributed by atoms with Crippen LogP contribution in [0.2, 0.25) is 0 Å². The van der Waals surface area contributed by atoms with Crippen LogP contribution in [0.5, 0.6) is 5.75 Å². The summed E-state index contributed by atoms with van der Waals surface area (Å²) in [5, 5.41) is 9.15. The van der Waals surface area contributed by atoms with Gasteiger partial charge in [-0.3, -0.25) is 4.99 Å². The molecule has 1 atom stereocenters. The first kappa shape index (κ1) is 12.0. The number of methoxy groups -OCH3 is 1. The highest BCUT2D eigenvalue weighted by atomic mass is 35.5. The molecule has 0 saturated carbocycles. The predicted octanol–water partition coefficient (Wildman–Crippen LogP) is 1.71. The highest BCUT2D eigenvalue weighted by Gasteiger charge is 1.97. The second-order valence-electron chi connectivity index (χ2n) is 3.08. The van der Waals surface area contributed by atoms with Gasteiger partial charge in [0, 0.05) is 6.21 Å². The van der Waals surface area contributed by atoms with Crippen LogP contribution in [0, 0.1) is 0 Å². The van der Waals surface area contributed by atoms with E-state index in [2.05, 4.69) is 4.99 Å². The summed E-state index contributed by atoms with van der Waals surface area (Å²) in [4.78, 5) is 4.07. The van der Waals surface area contributed by atoms with Crippen LogP contribution in [0.25, 0.3) is 0 Å². The molecule has 0 heterocycles. The average molecular weight is 228 g/mol. The predicted molar refractivity (Wildman–Crippen MR) is 62.2 cm³/mol. The lowest BCUT2D eigenvalue weighted by atomic mass is 10.2. The SMILES string of the molecule is COc1ccc(C=NCC(O)CCl)cc1. The second kappa shape index (κ2) is 6.43. The maximum Gasteiger partial charge on any atom is 0.118 e. The van der Waals surface area contributed by atoms with Crippen molar-refractivity contribution >= 4 is 17.8 Å². The summed E-state index contributed by atoms with van der Waals surface area (Å²) in [7, 11) is 1.62. The van der Waals surface area contributed by atoms with Crippen LogP contribution >= 0.6 is 11.6 Å². The average Bonchev–Trinajstić information content (AvgIpc) is 2.29. The van der Waals surface area contributed by atoms with Crippen molar-refractivity contribution in [3.05, 3.63) is 29.8 Å². The molecule has 15 heavy (non-hydrogen) atoms. The van der Waals surface area contributed by atoms with Crippen molar-refractivity contribution in [3.63, 3.8) is 0 Å². The van der Waals surface area contributed by atoms with Crippen molar-refractivity contribution < 1.29 is 9.84 Å². The summed E-state index contributed by atoms with van der Waals surface area (Å²) in [5.74, 6) is 1.02. The molecule has 0 amide bonds. The minimum Gasteiger partial charge on any atom is -0.497 e. The molecular weight excluding hydrogens is 214 g/mol. The lowest BCUT2D eigenvalue weighted by Crippen LogP contribution is -2.12. The normalized spacial score (nSPS) is 13.0. The van der Waals surface area contributed by atoms with Crippen molar-refractivity contribution in [1.29, 1.82) is 0 Å². The van der Waals surface area contributed by atoms with Gasteiger partial charge < -0.3 is 9.84 Å². The molecule has 3 nitrogen and oxygen atoms in total. The molecule has 4 heteroatoms. The molecule has 1 rings (SSSR count). The summed E-state index contributed by atoms with van der Waals surface area (Å²) in [6.07, 6.45) is 1.14. The molecule has 1 unspecified atom stereocenters. The molecule has 0 aliphatic heterocycles. The number of aliphatic hydroxyl groups excluding tert-OH is 1. The lowest BCUT2D eigenvalue weighted by molar-refractivity contribution is 0.207. The number of aliphatic imine (C=N–C) groups is 1. The van der Waals surface area contributed by atoms with E-state index in [1.54, 1.807) is 13.3 Å². The Morgan fingerprint density at radius 3 is 2.67 bits per heavy atom. The van der Waals surface area contributed by atoms with Gasteiger partial charge in [0.05, 0.1) is 25.6 Å². The maximum absolute atomic E-state index is 9.15. The quantitative estimate of drug-likeness (QED) is 0.615. The molecule has 1 aromatic carbocycles. The molecule has 0 saturated heterocycles. The van der Waals surface area contributed by atoms with Gasteiger partial charge in [0.15, 0.2) is 0 Å². The van der Waals surface area contributed by atoms with Crippen LogP contribution in [0.15, 0.2) is 29.3 Å². The van der Waals surface area contributed by atoms with E-state index in [0.29, 0.717) is 6.54 Å². The van der Waals surface area contributed by atoms with Crippen molar-refractivity contribution in [2.45, 2.75) is 6.10 Å². The van der Waals surface area contributed by atoms with Crippen molar-refractivity contribution in [2.75, 3.05) is 19.5 Å². The van der Waals surface area contributed by atoms with Crippen molar-refractivity contribution in [2.24, 2.45) is 4.99 Å². The fraction of sp³-hybridized carbons (Fsp3) is 0.364. The van der Waals surface area contributed by atoms with Crippen LogP contribution in [-0.2, 0) is 0 Å².